The van der Waals surface area contributed by atoms with E-state index in [1.807, 2.05) is 49.1 Å². The van der Waals surface area contributed by atoms with Gasteiger partial charge in [-0.1, -0.05) is 18.2 Å². The van der Waals surface area contributed by atoms with Crippen LogP contribution in [0.3, 0.4) is 0 Å². The molecule has 118 valence electrons. The van der Waals surface area contributed by atoms with Crippen molar-refractivity contribution < 1.29 is 14.6 Å². The van der Waals surface area contributed by atoms with Crippen LogP contribution >= 0.6 is 0 Å². The molecule has 1 aromatic carbocycles. The Kier molecular flexibility index (Phi) is 7.97. The second kappa shape index (κ2) is 9.50. The summed E-state index contributed by atoms with van der Waals surface area (Å²) in [6, 6.07) is 9.73. The number of rotatable bonds is 9. The third-order valence-corrected chi connectivity index (χ3v) is 3.21. The normalized spacial score (nSPS) is 11.1. The van der Waals surface area contributed by atoms with Crippen molar-refractivity contribution in [2.24, 2.45) is 0 Å². The van der Waals surface area contributed by atoms with Gasteiger partial charge in [0.25, 0.3) is 0 Å². The monoisotopic (exact) mass is 294 g/mol. The molecule has 5 heteroatoms. The zero-order chi connectivity index (χ0) is 15.7. The van der Waals surface area contributed by atoms with Gasteiger partial charge in [0.2, 0.25) is 5.91 Å². The average Bonchev–Trinajstić information content (AvgIpc) is 2.46. The van der Waals surface area contributed by atoms with E-state index in [9.17, 15) is 4.79 Å². The number of anilines is 1. The summed E-state index contributed by atoms with van der Waals surface area (Å²) in [7, 11) is 1.63. The van der Waals surface area contributed by atoms with E-state index >= 15 is 0 Å². The summed E-state index contributed by atoms with van der Waals surface area (Å²) in [6.45, 7) is 5.94. The van der Waals surface area contributed by atoms with E-state index in [-0.39, 0.29) is 25.1 Å². The lowest BCUT2D eigenvalue weighted by molar-refractivity contribution is -0.120. The van der Waals surface area contributed by atoms with Gasteiger partial charge in [-0.25, -0.2) is 0 Å². The molecule has 0 fully saturated rings. The number of hydrogen-bond donors (Lipinski definition) is 1. The number of carbonyl (C=O) groups is 1. The Hall–Kier alpha value is -1.43. The topological polar surface area (TPSA) is 53.0 Å². The number of carbonyl (C=O) groups excluding carboxylic acids is 1. The molecule has 1 amide bonds. The summed E-state index contributed by atoms with van der Waals surface area (Å²) in [6.07, 6.45) is 0. The van der Waals surface area contributed by atoms with Gasteiger partial charge in [0.15, 0.2) is 0 Å². The Balaban J connectivity index is 2.76. The van der Waals surface area contributed by atoms with E-state index in [4.69, 9.17) is 9.84 Å². The minimum atomic E-state index is 0.0285. The lowest BCUT2D eigenvalue weighted by Gasteiger charge is -2.30. The SMILES string of the molecule is COCCN(CCO)CC(=O)N(c1ccccc1)C(C)C. The molecule has 0 unspecified atom stereocenters. The fraction of sp³-hybridized carbons (Fsp3) is 0.562. The first-order valence-electron chi connectivity index (χ1n) is 7.29. The summed E-state index contributed by atoms with van der Waals surface area (Å²) in [5.41, 5.74) is 0.896. The van der Waals surface area contributed by atoms with Crippen LogP contribution in [0.15, 0.2) is 30.3 Å². The van der Waals surface area contributed by atoms with Gasteiger partial charge in [-0.3, -0.25) is 9.69 Å². The van der Waals surface area contributed by atoms with Gasteiger partial charge in [-0.2, -0.15) is 0 Å². The first-order chi connectivity index (χ1) is 10.1. The van der Waals surface area contributed by atoms with Crippen molar-refractivity contribution in [2.75, 3.05) is 44.9 Å². The smallest absolute Gasteiger partial charge is 0.241 e. The lowest BCUT2D eigenvalue weighted by Crippen LogP contribution is -2.45. The van der Waals surface area contributed by atoms with Crippen LogP contribution in [0.4, 0.5) is 5.69 Å². The summed E-state index contributed by atoms with van der Waals surface area (Å²) in [5.74, 6) is 0.0285. The number of benzene rings is 1. The van der Waals surface area contributed by atoms with Gasteiger partial charge < -0.3 is 14.7 Å². The third-order valence-electron chi connectivity index (χ3n) is 3.21. The highest BCUT2D eigenvalue weighted by atomic mass is 16.5. The molecule has 21 heavy (non-hydrogen) atoms. The first kappa shape index (κ1) is 17.6. The summed E-state index contributed by atoms with van der Waals surface area (Å²) in [5, 5.41) is 9.11. The minimum absolute atomic E-state index is 0.0285. The summed E-state index contributed by atoms with van der Waals surface area (Å²) < 4.78 is 5.04. The molecule has 0 atom stereocenters. The molecular weight excluding hydrogens is 268 g/mol. The summed E-state index contributed by atoms with van der Waals surface area (Å²) >= 11 is 0. The Bertz CT molecular complexity index is 409. The molecule has 0 spiro atoms. The summed E-state index contributed by atoms with van der Waals surface area (Å²) in [4.78, 5) is 16.3. The van der Waals surface area contributed by atoms with Crippen LogP contribution < -0.4 is 4.90 Å². The van der Waals surface area contributed by atoms with E-state index in [2.05, 4.69) is 0 Å². The zero-order valence-electron chi connectivity index (χ0n) is 13.2. The molecule has 1 rings (SSSR count). The Morgan fingerprint density at radius 2 is 1.90 bits per heavy atom. The van der Waals surface area contributed by atoms with Gasteiger partial charge in [0, 0.05) is 31.9 Å². The maximum Gasteiger partial charge on any atom is 0.241 e. The Morgan fingerprint density at radius 1 is 1.24 bits per heavy atom. The van der Waals surface area contributed by atoms with Crippen LogP contribution in [-0.4, -0.2) is 61.9 Å². The van der Waals surface area contributed by atoms with Crippen LogP contribution in [0.25, 0.3) is 0 Å². The standard InChI is InChI=1S/C16H26N2O3/c1-14(2)18(15-7-5-4-6-8-15)16(20)13-17(9-11-19)10-12-21-3/h4-8,14,19H,9-13H2,1-3H3. The van der Waals surface area contributed by atoms with Gasteiger partial charge in [0.1, 0.15) is 0 Å². The number of aliphatic hydroxyl groups is 1. The van der Waals surface area contributed by atoms with Crippen LogP contribution in [-0.2, 0) is 9.53 Å². The van der Waals surface area contributed by atoms with E-state index in [0.717, 1.165) is 5.69 Å². The number of nitrogens with zero attached hydrogens (tertiary/aromatic N) is 2. The van der Waals surface area contributed by atoms with Crippen molar-refractivity contribution in [3.63, 3.8) is 0 Å². The highest BCUT2D eigenvalue weighted by Crippen LogP contribution is 2.16. The number of amides is 1. The first-order valence-corrected chi connectivity index (χ1v) is 7.29. The van der Waals surface area contributed by atoms with Crippen molar-refractivity contribution in [2.45, 2.75) is 19.9 Å². The largest absolute Gasteiger partial charge is 0.395 e. The second-order valence-electron chi connectivity index (χ2n) is 5.19. The number of hydrogen-bond acceptors (Lipinski definition) is 4. The quantitative estimate of drug-likeness (QED) is 0.747. The second-order valence-corrected chi connectivity index (χ2v) is 5.19. The van der Waals surface area contributed by atoms with E-state index in [1.165, 1.54) is 0 Å². The Morgan fingerprint density at radius 3 is 2.43 bits per heavy atom. The molecule has 1 aromatic rings. The van der Waals surface area contributed by atoms with Crippen LogP contribution in [0.1, 0.15) is 13.8 Å². The van der Waals surface area contributed by atoms with Crippen molar-refractivity contribution >= 4 is 11.6 Å². The van der Waals surface area contributed by atoms with Gasteiger partial charge in [-0.15, -0.1) is 0 Å². The maximum absolute atomic E-state index is 12.6. The van der Waals surface area contributed by atoms with Gasteiger partial charge in [-0.05, 0) is 26.0 Å². The van der Waals surface area contributed by atoms with E-state index < -0.39 is 0 Å². The predicted molar refractivity (Wildman–Crippen MR) is 84.5 cm³/mol. The number of ether oxygens (including phenoxy) is 1. The van der Waals surface area contributed by atoms with Crippen molar-refractivity contribution in [3.05, 3.63) is 30.3 Å². The molecule has 0 saturated heterocycles. The van der Waals surface area contributed by atoms with Gasteiger partial charge in [0.05, 0.1) is 19.8 Å². The Labute approximate surface area is 127 Å². The molecule has 1 N–H and O–H groups in total. The molecule has 0 aliphatic heterocycles. The highest BCUT2D eigenvalue weighted by molar-refractivity contribution is 5.95. The van der Waals surface area contributed by atoms with E-state index in [0.29, 0.717) is 19.7 Å². The highest BCUT2D eigenvalue weighted by Gasteiger charge is 2.21. The molecule has 0 saturated carbocycles. The third kappa shape index (κ3) is 5.83. The number of aliphatic hydroxyl groups excluding tert-OH is 1. The fourth-order valence-corrected chi connectivity index (χ4v) is 2.22. The van der Waals surface area contributed by atoms with Crippen LogP contribution in [0.2, 0.25) is 0 Å². The average molecular weight is 294 g/mol. The van der Waals surface area contributed by atoms with Crippen LogP contribution in [0, 0.1) is 0 Å². The van der Waals surface area contributed by atoms with E-state index in [1.54, 1.807) is 12.0 Å². The molecular formula is C16H26N2O3. The number of methoxy groups -OCH3 is 1. The maximum atomic E-state index is 12.6. The van der Waals surface area contributed by atoms with Crippen molar-refractivity contribution in [3.8, 4) is 0 Å². The molecule has 0 heterocycles. The molecule has 0 bridgehead atoms. The van der Waals surface area contributed by atoms with Gasteiger partial charge >= 0.3 is 0 Å². The lowest BCUT2D eigenvalue weighted by atomic mass is 10.2. The minimum Gasteiger partial charge on any atom is -0.395 e. The molecule has 0 aromatic heterocycles. The van der Waals surface area contributed by atoms with Crippen molar-refractivity contribution in [1.82, 2.24) is 4.90 Å². The van der Waals surface area contributed by atoms with Crippen LogP contribution in [0.5, 0.6) is 0 Å². The zero-order valence-corrected chi connectivity index (χ0v) is 13.2. The predicted octanol–water partition coefficient (Wildman–Crippen LogP) is 1.37. The molecule has 0 aliphatic rings. The number of para-hydroxylation sites is 1. The fourth-order valence-electron chi connectivity index (χ4n) is 2.22. The molecule has 5 nitrogen and oxygen atoms in total. The molecule has 0 aliphatic carbocycles. The van der Waals surface area contributed by atoms with Crippen molar-refractivity contribution in [1.29, 1.82) is 0 Å². The molecule has 0 radical (unpaired) electrons.